The van der Waals surface area contributed by atoms with Crippen molar-refractivity contribution in [3.05, 3.63) is 23.5 Å². The molecule has 1 aromatic rings. The van der Waals surface area contributed by atoms with Crippen molar-refractivity contribution in [3.8, 4) is 5.75 Å². The number of hydrogen-bond donors (Lipinski definition) is 0. The van der Waals surface area contributed by atoms with E-state index in [2.05, 4.69) is 0 Å². The summed E-state index contributed by atoms with van der Waals surface area (Å²) in [5.74, 6) is -0.533. The highest BCUT2D eigenvalue weighted by Gasteiger charge is 2.23. The van der Waals surface area contributed by atoms with E-state index in [-0.39, 0.29) is 17.5 Å². The Morgan fingerprint density at radius 1 is 1.59 bits per heavy atom. The van der Waals surface area contributed by atoms with Gasteiger partial charge in [0.1, 0.15) is 5.88 Å². The third-order valence-electron chi connectivity index (χ3n) is 2.89. The van der Waals surface area contributed by atoms with E-state index < -0.39 is 5.82 Å². The zero-order valence-corrected chi connectivity index (χ0v) is 10.3. The van der Waals surface area contributed by atoms with Crippen LogP contribution in [0.5, 0.6) is 5.75 Å². The van der Waals surface area contributed by atoms with Crippen LogP contribution in [-0.2, 0) is 11.2 Å². The molecule has 0 radical (unpaired) electrons. The van der Waals surface area contributed by atoms with Crippen LogP contribution in [0, 0.1) is 5.82 Å². The van der Waals surface area contributed by atoms with Crippen LogP contribution in [-0.4, -0.2) is 25.4 Å². The number of amides is 1. The molecule has 17 heavy (non-hydrogen) atoms. The summed E-state index contributed by atoms with van der Waals surface area (Å²) in [5.41, 5.74) is 1.54. The molecule has 2 rings (SSSR count). The molecule has 5 heteroatoms. The fraction of sp³-hybridized carbons (Fsp3) is 0.417. The highest BCUT2D eigenvalue weighted by molar-refractivity contribution is 6.29. The number of alkyl halides is 1. The van der Waals surface area contributed by atoms with Gasteiger partial charge in [-0.2, -0.15) is 0 Å². The molecule has 0 saturated carbocycles. The molecule has 1 aliphatic rings. The SMILES string of the molecule is COc1cc2c(cc1F)N(C(=O)CCl)CCC2. The Morgan fingerprint density at radius 3 is 3.00 bits per heavy atom. The van der Waals surface area contributed by atoms with Crippen LogP contribution in [0.1, 0.15) is 12.0 Å². The lowest BCUT2D eigenvalue weighted by Gasteiger charge is -2.29. The molecule has 92 valence electrons. The number of ether oxygens (including phenoxy) is 1. The topological polar surface area (TPSA) is 29.5 Å². The molecule has 1 aromatic carbocycles. The van der Waals surface area contributed by atoms with Gasteiger partial charge in [-0.05, 0) is 24.5 Å². The van der Waals surface area contributed by atoms with Crippen LogP contribution in [0.25, 0.3) is 0 Å². The molecule has 0 fully saturated rings. The van der Waals surface area contributed by atoms with Crippen LogP contribution >= 0.6 is 11.6 Å². The van der Waals surface area contributed by atoms with Gasteiger partial charge in [0.15, 0.2) is 11.6 Å². The number of methoxy groups -OCH3 is 1. The predicted octanol–water partition coefficient (Wildman–Crippen LogP) is 2.35. The van der Waals surface area contributed by atoms with Crippen molar-refractivity contribution >= 4 is 23.2 Å². The van der Waals surface area contributed by atoms with E-state index >= 15 is 0 Å². The number of carbonyl (C=O) groups is 1. The smallest absolute Gasteiger partial charge is 0.241 e. The number of rotatable bonds is 2. The van der Waals surface area contributed by atoms with Gasteiger partial charge in [0, 0.05) is 12.6 Å². The monoisotopic (exact) mass is 257 g/mol. The maximum absolute atomic E-state index is 13.6. The number of anilines is 1. The fourth-order valence-corrected chi connectivity index (χ4v) is 2.22. The van der Waals surface area contributed by atoms with Gasteiger partial charge in [0.25, 0.3) is 0 Å². The lowest BCUT2D eigenvalue weighted by molar-refractivity contribution is -0.116. The van der Waals surface area contributed by atoms with E-state index in [0.717, 1.165) is 18.4 Å². The van der Waals surface area contributed by atoms with Gasteiger partial charge in [0.05, 0.1) is 12.8 Å². The molecule has 0 unspecified atom stereocenters. The van der Waals surface area contributed by atoms with Gasteiger partial charge in [-0.3, -0.25) is 4.79 Å². The molecule has 0 spiro atoms. The van der Waals surface area contributed by atoms with E-state index in [1.807, 2.05) is 0 Å². The summed E-state index contributed by atoms with van der Waals surface area (Å²) in [6.07, 6.45) is 1.67. The van der Waals surface area contributed by atoms with Crippen molar-refractivity contribution < 1.29 is 13.9 Å². The minimum absolute atomic E-state index is 0.0902. The molecule has 1 aliphatic heterocycles. The van der Waals surface area contributed by atoms with E-state index in [1.54, 1.807) is 6.07 Å². The van der Waals surface area contributed by atoms with Crippen molar-refractivity contribution in [3.63, 3.8) is 0 Å². The zero-order chi connectivity index (χ0) is 12.4. The molecular formula is C12H13ClFNO2. The van der Waals surface area contributed by atoms with Crippen molar-refractivity contribution in [1.29, 1.82) is 0 Å². The molecule has 1 heterocycles. The van der Waals surface area contributed by atoms with E-state index in [0.29, 0.717) is 12.2 Å². The van der Waals surface area contributed by atoms with Crippen LogP contribution in [0.4, 0.5) is 10.1 Å². The lowest BCUT2D eigenvalue weighted by atomic mass is 10.0. The second-order valence-electron chi connectivity index (χ2n) is 3.90. The van der Waals surface area contributed by atoms with Gasteiger partial charge in [-0.15, -0.1) is 11.6 Å². The Kier molecular flexibility index (Phi) is 3.52. The molecule has 1 amide bonds. The zero-order valence-electron chi connectivity index (χ0n) is 9.50. The first kappa shape index (κ1) is 12.2. The molecule has 3 nitrogen and oxygen atoms in total. The Labute approximate surface area is 104 Å². The number of hydrogen-bond acceptors (Lipinski definition) is 2. The minimum Gasteiger partial charge on any atom is -0.494 e. The summed E-state index contributed by atoms with van der Waals surface area (Å²) in [6, 6.07) is 3.00. The summed E-state index contributed by atoms with van der Waals surface area (Å²) in [4.78, 5) is 13.2. The Morgan fingerprint density at radius 2 is 2.35 bits per heavy atom. The van der Waals surface area contributed by atoms with Crippen LogP contribution in [0.2, 0.25) is 0 Å². The molecule has 0 aromatic heterocycles. The van der Waals surface area contributed by atoms with E-state index in [9.17, 15) is 9.18 Å². The Balaban J connectivity index is 2.44. The average Bonchev–Trinajstić information content (AvgIpc) is 2.36. The van der Waals surface area contributed by atoms with Crippen LogP contribution < -0.4 is 9.64 Å². The van der Waals surface area contributed by atoms with Crippen molar-refractivity contribution in [1.82, 2.24) is 0 Å². The summed E-state index contributed by atoms with van der Waals surface area (Å²) < 4.78 is 18.6. The van der Waals surface area contributed by atoms with Crippen LogP contribution in [0.3, 0.4) is 0 Å². The highest BCUT2D eigenvalue weighted by Crippen LogP contribution is 2.32. The molecule has 0 atom stereocenters. The first-order chi connectivity index (χ1) is 8.17. The van der Waals surface area contributed by atoms with Gasteiger partial charge in [-0.25, -0.2) is 4.39 Å². The summed E-state index contributed by atoms with van der Waals surface area (Å²) in [5, 5.41) is 0. The number of benzene rings is 1. The number of aryl methyl sites for hydroxylation is 1. The number of halogens is 2. The first-order valence-corrected chi connectivity index (χ1v) is 5.93. The average molecular weight is 258 g/mol. The maximum Gasteiger partial charge on any atom is 0.241 e. The van der Waals surface area contributed by atoms with Gasteiger partial charge in [0.2, 0.25) is 5.91 Å². The van der Waals surface area contributed by atoms with Gasteiger partial charge >= 0.3 is 0 Å². The van der Waals surface area contributed by atoms with Gasteiger partial charge < -0.3 is 9.64 Å². The van der Waals surface area contributed by atoms with E-state index in [4.69, 9.17) is 16.3 Å². The molecule has 0 bridgehead atoms. The second-order valence-corrected chi connectivity index (χ2v) is 4.17. The normalized spacial score (nSPS) is 14.4. The Bertz CT molecular complexity index is 450. The number of nitrogens with zero attached hydrogens (tertiary/aromatic N) is 1. The first-order valence-electron chi connectivity index (χ1n) is 5.40. The molecule has 0 saturated heterocycles. The third kappa shape index (κ3) is 2.22. The largest absolute Gasteiger partial charge is 0.494 e. The number of carbonyl (C=O) groups excluding carboxylic acids is 1. The quantitative estimate of drug-likeness (QED) is 0.761. The summed E-state index contributed by atoms with van der Waals surface area (Å²) >= 11 is 5.54. The maximum atomic E-state index is 13.6. The molecule has 0 N–H and O–H groups in total. The van der Waals surface area contributed by atoms with Crippen molar-refractivity contribution in [2.45, 2.75) is 12.8 Å². The minimum atomic E-state index is -0.458. The lowest BCUT2D eigenvalue weighted by Crippen LogP contribution is -2.36. The van der Waals surface area contributed by atoms with Crippen LogP contribution in [0.15, 0.2) is 12.1 Å². The summed E-state index contributed by atoms with van der Waals surface area (Å²) in [7, 11) is 1.43. The third-order valence-corrected chi connectivity index (χ3v) is 3.12. The molecule has 0 aliphatic carbocycles. The van der Waals surface area contributed by atoms with Crippen molar-refractivity contribution in [2.24, 2.45) is 0 Å². The highest BCUT2D eigenvalue weighted by atomic mass is 35.5. The fourth-order valence-electron chi connectivity index (χ4n) is 2.07. The number of fused-ring (bicyclic) bond motifs is 1. The Hall–Kier alpha value is -1.29. The summed E-state index contributed by atoms with van der Waals surface area (Å²) in [6.45, 7) is 0.588. The molecular weight excluding hydrogens is 245 g/mol. The second kappa shape index (κ2) is 4.92. The predicted molar refractivity (Wildman–Crippen MR) is 64.3 cm³/mol. The standard InChI is InChI=1S/C12H13ClFNO2/c1-17-11-5-8-3-2-4-15(12(16)7-13)10(8)6-9(11)14/h5-6H,2-4,7H2,1H3. The van der Waals surface area contributed by atoms with Gasteiger partial charge in [-0.1, -0.05) is 0 Å². The van der Waals surface area contributed by atoms with Crippen molar-refractivity contribution in [2.75, 3.05) is 24.4 Å². The van der Waals surface area contributed by atoms with E-state index in [1.165, 1.54) is 18.1 Å².